The Balaban J connectivity index is 1.57. The van der Waals surface area contributed by atoms with Crippen LogP contribution in [0.3, 0.4) is 0 Å². The van der Waals surface area contributed by atoms with Gasteiger partial charge in [-0.05, 0) is 18.2 Å². The summed E-state index contributed by atoms with van der Waals surface area (Å²) >= 11 is 0. The van der Waals surface area contributed by atoms with E-state index in [2.05, 4.69) is 27.5 Å². The Hall–Kier alpha value is -3.81. The average molecular weight is 414 g/mol. The number of fused-ring (bicyclic) bond motifs is 3. The number of hydrogen-bond acceptors (Lipinski definition) is 5. The van der Waals surface area contributed by atoms with E-state index in [9.17, 15) is 4.39 Å². The van der Waals surface area contributed by atoms with Crippen molar-refractivity contribution in [3.8, 4) is 11.7 Å². The van der Waals surface area contributed by atoms with Crippen molar-refractivity contribution in [2.24, 2.45) is 0 Å². The minimum atomic E-state index is -0.326. The Labute approximate surface area is 177 Å². The number of halogens is 1. The van der Waals surface area contributed by atoms with Crippen LogP contribution < -0.4 is 4.74 Å². The van der Waals surface area contributed by atoms with Crippen LogP contribution >= 0.6 is 0 Å². The highest BCUT2D eigenvalue weighted by molar-refractivity contribution is 5.77. The monoisotopic (exact) mass is 414 g/mol. The third-order valence-corrected chi connectivity index (χ3v) is 5.77. The first kappa shape index (κ1) is 18.0. The number of aromatic nitrogens is 6. The van der Waals surface area contributed by atoms with E-state index >= 15 is 0 Å². The Morgan fingerprint density at radius 3 is 2.90 bits per heavy atom. The fourth-order valence-electron chi connectivity index (χ4n) is 4.35. The maximum atomic E-state index is 13.9. The molecule has 0 radical (unpaired) electrons. The molecule has 8 heteroatoms. The van der Waals surface area contributed by atoms with Crippen LogP contribution in [0.15, 0.2) is 55.0 Å². The van der Waals surface area contributed by atoms with Crippen LogP contribution in [0.25, 0.3) is 28.1 Å². The molecule has 1 aliphatic rings. The fraction of sp³-hybridized carbons (Fsp3) is 0.217. The maximum Gasteiger partial charge on any atom is 0.237 e. The summed E-state index contributed by atoms with van der Waals surface area (Å²) in [5.74, 6) is 1.95. The number of ether oxygens (including phenoxy) is 1. The Kier molecular flexibility index (Phi) is 3.99. The lowest BCUT2D eigenvalue weighted by atomic mass is 10.00. The van der Waals surface area contributed by atoms with Crippen molar-refractivity contribution in [3.05, 3.63) is 72.2 Å². The van der Waals surface area contributed by atoms with Gasteiger partial charge in [-0.25, -0.2) is 19.3 Å². The minimum Gasteiger partial charge on any atom is -0.493 e. The van der Waals surface area contributed by atoms with Gasteiger partial charge in [0.05, 0.1) is 29.9 Å². The predicted molar refractivity (Wildman–Crippen MR) is 114 cm³/mol. The third kappa shape index (κ3) is 2.78. The van der Waals surface area contributed by atoms with Crippen molar-refractivity contribution >= 4 is 22.2 Å². The molecule has 0 saturated heterocycles. The lowest BCUT2D eigenvalue weighted by Crippen LogP contribution is -2.22. The number of imidazole rings is 2. The average Bonchev–Trinajstić information content (AvgIpc) is 3.39. The van der Waals surface area contributed by atoms with Crippen molar-refractivity contribution in [1.82, 2.24) is 29.1 Å². The first-order valence-electron chi connectivity index (χ1n) is 10.3. The maximum absolute atomic E-state index is 13.9. The Bertz CT molecular complexity index is 1440. The molecule has 1 aliphatic heterocycles. The van der Waals surface area contributed by atoms with Crippen LogP contribution in [0.4, 0.5) is 4.39 Å². The van der Waals surface area contributed by atoms with E-state index in [1.54, 1.807) is 23.2 Å². The molecule has 0 fully saturated rings. The van der Waals surface area contributed by atoms with Crippen LogP contribution in [0, 0.1) is 5.82 Å². The normalized spacial score (nSPS) is 15.9. The highest BCUT2D eigenvalue weighted by Gasteiger charge is 2.27. The zero-order valence-electron chi connectivity index (χ0n) is 16.9. The summed E-state index contributed by atoms with van der Waals surface area (Å²) in [5, 5.41) is 0. The smallest absolute Gasteiger partial charge is 0.237 e. The molecule has 6 rings (SSSR count). The topological polar surface area (TPSA) is 70.7 Å². The van der Waals surface area contributed by atoms with E-state index in [0.29, 0.717) is 23.6 Å². The summed E-state index contributed by atoms with van der Waals surface area (Å²) in [6.07, 6.45) is 4.94. The first-order chi connectivity index (χ1) is 15.2. The second-order valence-electron chi connectivity index (χ2n) is 7.57. The predicted octanol–water partition coefficient (Wildman–Crippen LogP) is 4.24. The summed E-state index contributed by atoms with van der Waals surface area (Å²) in [7, 11) is 0. The van der Waals surface area contributed by atoms with E-state index in [1.165, 1.54) is 12.1 Å². The summed E-state index contributed by atoms with van der Waals surface area (Å²) in [6, 6.07) is 12.7. The van der Waals surface area contributed by atoms with Crippen molar-refractivity contribution < 1.29 is 9.13 Å². The standard InChI is InChI=1S/C23H19FN6O/c1-2-21-27-17-12-25-23(29-13-26-16-8-7-14(24)11-19(16)29)28-22(17)30(21)18-9-10-31-20-6-4-3-5-15(18)20/h3-8,11-13,18H,2,9-10H2,1H3. The van der Waals surface area contributed by atoms with E-state index in [-0.39, 0.29) is 11.9 Å². The molecule has 1 unspecified atom stereocenters. The Morgan fingerprint density at radius 2 is 2.00 bits per heavy atom. The fourth-order valence-corrected chi connectivity index (χ4v) is 4.35. The number of para-hydroxylation sites is 1. The van der Waals surface area contributed by atoms with Gasteiger partial charge < -0.3 is 9.30 Å². The molecule has 5 aromatic rings. The van der Waals surface area contributed by atoms with Gasteiger partial charge in [-0.3, -0.25) is 4.57 Å². The van der Waals surface area contributed by atoms with Gasteiger partial charge in [-0.2, -0.15) is 4.98 Å². The van der Waals surface area contributed by atoms with E-state index in [4.69, 9.17) is 14.7 Å². The minimum absolute atomic E-state index is 0.0737. The van der Waals surface area contributed by atoms with Gasteiger partial charge in [0.2, 0.25) is 5.95 Å². The molecule has 31 heavy (non-hydrogen) atoms. The Morgan fingerprint density at radius 1 is 1.10 bits per heavy atom. The van der Waals surface area contributed by atoms with Crippen molar-refractivity contribution in [2.45, 2.75) is 25.8 Å². The van der Waals surface area contributed by atoms with E-state index < -0.39 is 0 Å². The molecule has 3 aromatic heterocycles. The second kappa shape index (κ2) is 6.87. The first-order valence-corrected chi connectivity index (χ1v) is 10.3. The SMILES string of the molecule is CCc1nc2cnc(-n3cnc4ccc(F)cc43)nc2n1C1CCOc2ccccc21. The van der Waals surface area contributed by atoms with Crippen molar-refractivity contribution in [2.75, 3.05) is 6.61 Å². The number of hydrogen-bond donors (Lipinski definition) is 0. The van der Waals surface area contributed by atoms with Crippen LogP contribution in [0.5, 0.6) is 5.75 Å². The largest absolute Gasteiger partial charge is 0.493 e. The lowest BCUT2D eigenvalue weighted by molar-refractivity contribution is 0.256. The van der Waals surface area contributed by atoms with E-state index in [0.717, 1.165) is 41.1 Å². The van der Waals surface area contributed by atoms with Gasteiger partial charge in [-0.15, -0.1) is 0 Å². The molecule has 7 nitrogen and oxygen atoms in total. The molecule has 0 spiro atoms. The molecule has 0 N–H and O–H groups in total. The highest BCUT2D eigenvalue weighted by atomic mass is 19.1. The van der Waals surface area contributed by atoms with Gasteiger partial charge in [-0.1, -0.05) is 25.1 Å². The molecule has 0 amide bonds. The summed E-state index contributed by atoms with van der Waals surface area (Å²) in [5.41, 5.74) is 3.92. The molecule has 0 aliphatic carbocycles. The molecule has 154 valence electrons. The summed E-state index contributed by atoms with van der Waals surface area (Å²) < 4.78 is 23.6. The number of benzene rings is 2. The lowest BCUT2D eigenvalue weighted by Gasteiger charge is -2.28. The molecule has 2 aromatic carbocycles. The molecule has 1 atom stereocenters. The number of rotatable bonds is 3. The van der Waals surface area contributed by atoms with Crippen LogP contribution in [-0.2, 0) is 6.42 Å². The van der Waals surface area contributed by atoms with Crippen LogP contribution in [-0.4, -0.2) is 35.7 Å². The van der Waals surface area contributed by atoms with Crippen molar-refractivity contribution in [1.29, 1.82) is 0 Å². The molecule has 0 saturated carbocycles. The quantitative estimate of drug-likeness (QED) is 0.442. The molecule has 0 bridgehead atoms. The zero-order chi connectivity index (χ0) is 20.9. The van der Waals surface area contributed by atoms with Crippen molar-refractivity contribution in [3.63, 3.8) is 0 Å². The van der Waals surface area contributed by atoms with Crippen LogP contribution in [0.2, 0.25) is 0 Å². The van der Waals surface area contributed by atoms with E-state index in [1.807, 2.05) is 18.2 Å². The molecule has 4 heterocycles. The molecular formula is C23H19FN6O. The number of aryl methyl sites for hydroxylation is 1. The van der Waals surface area contributed by atoms with Gasteiger partial charge in [0.25, 0.3) is 0 Å². The summed E-state index contributed by atoms with van der Waals surface area (Å²) in [6.45, 7) is 2.72. The van der Waals surface area contributed by atoms with Crippen LogP contribution in [0.1, 0.15) is 30.8 Å². The van der Waals surface area contributed by atoms with Gasteiger partial charge in [0.15, 0.2) is 5.65 Å². The van der Waals surface area contributed by atoms with Gasteiger partial charge >= 0.3 is 0 Å². The third-order valence-electron chi connectivity index (χ3n) is 5.77. The summed E-state index contributed by atoms with van der Waals surface area (Å²) in [4.78, 5) is 18.5. The van der Waals surface area contributed by atoms with Gasteiger partial charge in [0.1, 0.15) is 29.2 Å². The number of nitrogens with zero attached hydrogens (tertiary/aromatic N) is 6. The second-order valence-corrected chi connectivity index (χ2v) is 7.57. The van der Waals surface area contributed by atoms with Gasteiger partial charge in [0, 0.05) is 24.5 Å². The zero-order valence-corrected chi connectivity index (χ0v) is 16.9. The molecular weight excluding hydrogens is 395 g/mol. The highest BCUT2D eigenvalue weighted by Crippen LogP contribution is 2.37.